The smallest absolute Gasteiger partial charge is 0.497 e. The first kappa shape index (κ1) is 122. The predicted octanol–water partition coefficient (Wildman–Crippen LogP) is 28.9. The molecular weight excluding hydrogens is 1910 g/mol. The van der Waals surface area contributed by atoms with Gasteiger partial charge in [-0.05, 0) is 307 Å². The second kappa shape index (κ2) is 61.0. The second-order valence-electron chi connectivity index (χ2n) is 41.2. The Labute approximate surface area is 884 Å². The third-order valence-electron chi connectivity index (χ3n) is 29.3. The molecule has 23 atom stereocenters. The van der Waals surface area contributed by atoms with Gasteiger partial charge in [-0.3, -0.25) is 29.8 Å². The number of halogens is 2. The predicted molar refractivity (Wildman–Crippen MR) is 579 cm³/mol. The van der Waals surface area contributed by atoms with Crippen molar-refractivity contribution >= 4 is 99.6 Å². The standard InChI is InChI=1S/C32H54O3.C15H20ClNO3.C15H19ClO4.C15H21NO3.C14H20O3.2C13H18N2O3/c1-8-23(5)34-30(33)35-25-16-18-31(6)24(20-25)12-13-26-28-15-14-27(22(4)11-9-10-21(2)3)32(28,7)19-17-29(26)31;1-4-11-7-9(2)19-15(20-11)12-8-10(14(18)17-3)5-6-13(12)16;1-4-11-7-9(2)19-15(20-11)12-8-10(14(17)18-3)5-6-13(12)16;1-4-14-9-10(2)18-15(19-14)12-5-7-13(8-6-12)16-11(3)17;1-4-12-8-10(2)16-14(17-12)11-6-5-7-13(9-11)15-3;1-4-9(2)18-13(17)15-12-7-5-11(6-8-12)14-10(3)16;1-4-9(2)18-13(17)15-12-8-6-5-7-11(12)14-10(3)16/h12,21-23,25-29H,8-11,13-20H2,1-7H3;5-6,8-9,11,15H,4,7H2,1-3H3,(H,17,18);5-6,8-9,11,15H,4,7H2,1-3H3;5-8,10,14-15H,4,9H2,1-3H3,(H,16,17);5-7,9-10,12,14H,4,8H2,1-3H3;2*5-9H,4H2,1-3H3,(H,14,16)(H,15,17). The molecule has 4 heterocycles. The van der Waals surface area contributed by atoms with Crippen LogP contribution in [0, 0.1) is 46.3 Å². The number of nitrogens with one attached hydrogen (secondary N) is 6. The van der Waals surface area contributed by atoms with Crippen molar-refractivity contribution in [1.29, 1.82) is 0 Å². The van der Waals surface area contributed by atoms with E-state index in [9.17, 15) is 38.4 Å². The Morgan fingerprint density at radius 2 is 0.918 bits per heavy atom. The Morgan fingerprint density at radius 3 is 1.39 bits per heavy atom. The molecule has 6 aromatic carbocycles. The van der Waals surface area contributed by atoms with E-state index in [2.05, 4.69) is 114 Å². The van der Waals surface area contributed by atoms with Crippen molar-refractivity contribution < 1.29 is 105 Å². The van der Waals surface area contributed by atoms with E-state index in [0.717, 1.165) is 148 Å². The van der Waals surface area contributed by atoms with E-state index >= 15 is 0 Å². The van der Waals surface area contributed by atoms with Crippen molar-refractivity contribution in [2.75, 3.05) is 47.9 Å². The number of rotatable bonds is 28. The first-order valence-electron chi connectivity index (χ1n) is 53.4. The van der Waals surface area contributed by atoms with Gasteiger partial charge < -0.3 is 87.6 Å². The zero-order chi connectivity index (χ0) is 108. The van der Waals surface area contributed by atoms with Crippen LogP contribution in [0.1, 0.15) is 362 Å². The third-order valence-corrected chi connectivity index (χ3v) is 29.9. The summed E-state index contributed by atoms with van der Waals surface area (Å²) in [7, 11) is 4.61. The summed E-state index contributed by atoms with van der Waals surface area (Å²) >= 11 is 12.4. The Balaban J connectivity index is 0.000000213. The van der Waals surface area contributed by atoms with E-state index < -0.39 is 36.9 Å². The molecule has 0 bridgehead atoms. The number of hydrogen-bond donors (Lipinski definition) is 6. The normalized spacial score (nSPS) is 26.4. The maximum Gasteiger partial charge on any atom is 0.508 e. The number of anilines is 5. The van der Waals surface area contributed by atoms with Crippen molar-refractivity contribution in [1.82, 2.24) is 5.32 Å². The van der Waals surface area contributed by atoms with Gasteiger partial charge in [0.25, 0.3) is 5.91 Å². The number of carbonyl (C=O) groups excluding carboxylic acids is 8. The van der Waals surface area contributed by atoms with Crippen LogP contribution in [0.2, 0.25) is 10.0 Å². The highest BCUT2D eigenvalue weighted by molar-refractivity contribution is 6.32. The van der Waals surface area contributed by atoms with Crippen LogP contribution in [0.25, 0.3) is 0 Å². The molecule has 6 amide bonds. The zero-order valence-electron chi connectivity index (χ0n) is 91.8. The molecule has 14 rings (SSSR count). The van der Waals surface area contributed by atoms with Gasteiger partial charge in [0.1, 0.15) is 30.2 Å². The van der Waals surface area contributed by atoms with Crippen LogP contribution >= 0.6 is 23.2 Å². The van der Waals surface area contributed by atoms with Crippen molar-refractivity contribution in [2.45, 2.75) is 392 Å². The van der Waals surface area contributed by atoms with Crippen molar-refractivity contribution in [3.05, 3.63) is 189 Å². The molecule has 8 aliphatic rings. The lowest BCUT2D eigenvalue weighted by atomic mass is 9.47. The molecule has 28 nitrogen and oxygen atoms in total. The van der Waals surface area contributed by atoms with E-state index in [0.29, 0.717) is 65.9 Å². The van der Waals surface area contributed by atoms with Gasteiger partial charge >= 0.3 is 24.3 Å². The lowest BCUT2D eigenvalue weighted by molar-refractivity contribution is -0.244. The minimum atomic E-state index is -0.541. The topological polar surface area (TPSA) is 338 Å². The number of ether oxygens (including phenoxy) is 14. The van der Waals surface area contributed by atoms with Crippen molar-refractivity contribution in [3.8, 4) is 5.75 Å². The van der Waals surface area contributed by atoms with Crippen LogP contribution in [-0.4, -0.2) is 142 Å². The summed E-state index contributed by atoms with van der Waals surface area (Å²) in [6, 6.07) is 39.3. The average molecular weight is 2080 g/mol. The molecular formula is C117H170Cl2N6O22. The summed E-state index contributed by atoms with van der Waals surface area (Å²) in [6.07, 6.45) is 24.7. The monoisotopic (exact) mass is 2080 g/mol. The zero-order valence-corrected chi connectivity index (χ0v) is 93.3. The number of para-hydroxylation sites is 2. The van der Waals surface area contributed by atoms with Crippen LogP contribution in [0.5, 0.6) is 5.75 Å². The lowest BCUT2D eigenvalue weighted by Gasteiger charge is -2.58. The molecule has 23 unspecified atom stereocenters. The van der Waals surface area contributed by atoms with Gasteiger partial charge in [-0.25, -0.2) is 19.2 Å². The molecule has 0 spiro atoms. The molecule has 30 heteroatoms. The number of methoxy groups -OCH3 is 2. The summed E-state index contributed by atoms with van der Waals surface area (Å²) in [6.45, 7) is 45.0. The van der Waals surface area contributed by atoms with Crippen LogP contribution in [-0.2, 0) is 76.0 Å². The number of benzene rings is 6. The number of amides is 6. The fourth-order valence-corrected chi connectivity index (χ4v) is 21.1. The van der Waals surface area contributed by atoms with Crippen LogP contribution < -0.4 is 36.6 Å². The van der Waals surface area contributed by atoms with Crippen molar-refractivity contribution in [3.63, 3.8) is 0 Å². The van der Waals surface area contributed by atoms with Gasteiger partial charge in [-0.1, -0.05) is 174 Å². The van der Waals surface area contributed by atoms with Gasteiger partial charge in [-0.15, -0.1) is 0 Å². The number of hydrogen-bond acceptors (Lipinski definition) is 22. The minimum absolute atomic E-state index is 0.0150. The molecule has 0 radical (unpaired) electrons. The van der Waals surface area contributed by atoms with Gasteiger partial charge in [0.2, 0.25) is 17.7 Å². The summed E-state index contributed by atoms with van der Waals surface area (Å²) in [5, 5.41) is 16.9. The van der Waals surface area contributed by atoms with Crippen LogP contribution in [0.3, 0.4) is 0 Å². The maximum absolute atomic E-state index is 12.2. The number of esters is 1. The molecule has 3 saturated carbocycles. The SMILES string of the molecule is CCC(C)OC(=O)Nc1ccc(NC(C)=O)cc1.CCC(C)OC(=O)Nc1ccccc1NC(C)=O.CCC(C)OC(=O)OC1CCC2(C)C(=CCC3C2CCC2(C)C(C(C)CCCC(C)C)CCC32)C1.CCC1CC(C)OC(c2cc(C(=O)NC)ccc2Cl)O1.CCC1CC(C)OC(c2cc(C(=O)OC)ccc2Cl)O1.CCC1CC(C)OC(c2ccc(NC(C)=O)cc2)O1.CCC1CC(C)OC(c2cccc(OC)c2)O1. The maximum atomic E-state index is 12.2. The quantitative estimate of drug-likeness (QED) is 0.0151. The first-order chi connectivity index (χ1) is 70.0. The van der Waals surface area contributed by atoms with Crippen LogP contribution in [0.15, 0.2) is 145 Å². The van der Waals surface area contributed by atoms with Crippen LogP contribution in [0.4, 0.5) is 42.8 Å². The summed E-state index contributed by atoms with van der Waals surface area (Å²) < 4.78 is 78.1. The Kier molecular flexibility index (Phi) is 50.8. The number of fused-ring (bicyclic) bond motifs is 5. The minimum Gasteiger partial charge on any atom is -0.497 e. The van der Waals surface area contributed by atoms with Crippen molar-refractivity contribution in [2.24, 2.45) is 46.3 Å². The highest BCUT2D eigenvalue weighted by Gasteiger charge is 2.59. The van der Waals surface area contributed by atoms with Gasteiger partial charge in [0.15, 0.2) is 25.2 Å². The van der Waals surface area contributed by atoms with E-state index in [1.54, 1.807) is 105 Å². The highest BCUT2D eigenvalue weighted by Crippen LogP contribution is 2.68. The summed E-state index contributed by atoms with van der Waals surface area (Å²) in [5.41, 5.74) is 9.93. The molecule has 4 aliphatic carbocycles. The fraction of sp³-hybridized carbons (Fsp3) is 0.607. The first-order valence-corrected chi connectivity index (χ1v) is 54.2. The molecule has 7 fully saturated rings. The van der Waals surface area contributed by atoms with Gasteiger partial charge in [0, 0.05) is 89.2 Å². The second-order valence-corrected chi connectivity index (χ2v) is 42.0. The number of allylic oxidation sites excluding steroid dienone is 1. The van der Waals surface area contributed by atoms with E-state index in [1.807, 2.05) is 104 Å². The molecule has 4 aliphatic heterocycles. The molecule has 814 valence electrons. The Bertz CT molecular complexity index is 5050. The average Bonchev–Trinajstić information content (AvgIpc) is 1.65. The molecule has 147 heavy (non-hydrogen) atoms. The Hall–Kier alpha value is -9.72. The fourth-order valence-electron chi connectivity index (χ4n) is 20.7. The van der Waals surface area contributed by atoms with E-state index in [1.165, 1.54) is 79.2 Å². The van der Waals surface area contributed by atoms with E-state index in [4.69, 9.17) is 89.5 Å². The highest BCUT2D eigenvalue weighted by atomic mass is 35.5. The number of carbonyl (C=O) groups is 8. The summed E-state index contributed by atoms with van der Waals surface area (Å²) in [4.78, 5) is 91.4. The molecule has 0 aromatic heterocycles. The van der Waals surface area contributed by atoms with Gasteiger partial charge in [0.05, 0.1) is 80.0 Å². The Morgan fingerprint density at radius 1 is 0.463 bits per heavy atom. The molecule has 4 saturated heterocycles. The molecule has 6 aromatic rings. The third kappa shape index (κ3) is 38.3. The van der Waals surface area contributed by atoms with Gasteiger partial charge in [-0.2, -0.15) is 0 Å². The van der Waals surface area contributed by atoms with E-state index in [-0.39, 0.29) is 109 Å². The molecule has 6 N–H and O–H groups in total. The summed E-state index contributed by atoms with van der Waals surface area (Å²) in [5.74, 6) is 5.05. The largest absolute Gasteiger partial charge is 0.508 e. The lowest BCUT2D eigenvalue weighted by Crippen LogP contribution is -2.51.